The van der Waals surface area contributed by atoms with Gasteiger partial charge in [-0.05, 0) is 50.0 Å². The number of aromatic hydroxyl groups is 1. The number of ether oxygens (including phenoxy) is 1. The van der Waals surface area contributed by atoms with Crippen molar-refractivity contribution >= 4 is 11.6 Å². The topological polar surface area (TPSA) is 63.6 Å². The van der Waals surface area contributed by atoms with E-state index in [0.29, 0.717) is 35.5 Å². The molecule has 2 aliphatic carbocycles. The maximum absolute atomic E-state index is 13.4. The van der Waals surface area contributed by atoms with E-state index < -0.39 is 17.3 Å². The highest BCUT2D eigenvalue weighted by Gasteiger charge is 2.56. The summed E-state index contributed by atoms with van der Waals surface area (Å²) >= 11 is 0. The fourth-order valence-corrected chi connectivity index (χ4v) is 4.60. The molecule has 2 aliphatic rings. The van der Waals surface area contributed by atoms with Crippen molar-refractivity contribution in [3.8, 4) is 11.5 Å². The Bertz CT molecular complexity index is 890. The Balaban J connectivity index is 2.27. The Morgan fingerprint density at radius 3 is 2.63 bits per heavy atom. The molecule has 0 bridgehead atoms. The van der Waals surface area contributed by atoms with Gasteiger partial charge in [-0.25, -0.2) is 0 Å². The first-order valence-electron chi connectivity index (χ1n) is 9.32. The normalized spacial score (nSPS) is 27.9. The highest BCUT2D eigenvalue weighted by molar-refractivity contribution is 6.15. The number of phenolic OH excluding ortho intramolecular Hbond substituents is 1. The molecule has 0 saturated carbocycles. The van der Waals surface area contributed by atoms with Crippen molar-refractivity contribution in [1.82, 2.24) is 0 Å². The summed E-state index contributed by atoms with van der Waals surface area (Å²) in [6.45, 7) is 11.5. The van der Waals surface area contributed by atoms with Gasteiger partial charge in [-0.2, -0.15) is 0 Å². The van der Waals surface area contributed by atoms with E-state index in [1.807, 2.05) is 19.9 Å². The quantitative estimate of drug-likeness (QED) is 0.852. The minimum absolute atomic E-state index is 0.0133. The minimum Gasteiger partial charge on any atom is -0.504 e. The zero-order chi connectivity index (χ0) is 19.9. The van der Waals surface area contributed by atoms with Crippen LogP contribution in [0, 0.1) is 11.3 Å². The minimum atomic E-state index is -0.971. The summed E-state index contributed by atoms with van der Waals surface area (Å²) in [6.07, 6.45) is 4.18. The Labute approximate surface area is 160 Å². The Morgan fingerprint density at radius 1 is 1.30 bits per heavy atom. The maximum atomic E-state index is 13.4. The zero-order valence-electron chi connectivity index (χ0n) is 16.3. The van der Waals surface area contributed by atoms with Crippen molar-refractivity contribution in [3.63, 3.8) is 0 Å². The number of carbonyl (C=O) groups excluding carboxylic acids is 2. The highest BCUT2D eigenvalue weighted by atomic mass is 16.5. The molecule has 0 fully saturated rings. The Kier molecular flexibility index (Phi) is 4.85. The van der Waals surface area contributed by atoms with Gasteiger partial charge in [0.15, 0.2) is 23.1 Å². The molecule has 0 spiro atoms. The summed E-state index contributed by atoms with van der Waals surface area (Å²) in [5.74, 6) is -0.542. The lowest BCUT2D eigenvalue weighted by molar-refractivity contribution is -0.138. The number of carbonyl (C=O) groups is 2. The van der Waals surface area contributed by atoms with Gasteiger partial charge in [0.25, 0.3) is 0 Å². The summed E-state index contributed by atoms with van der Waals surface area (Å²) in [6, 6.07) is 5.30. The van der Waals surface area contributed by atoms with E-state index in [-0.39, 0.29) is 17.3 Å². The van der Waals surface area contributed by atoms with Gasteiger partial charge in [-0.15, -0.1) is 0 Å². The van der Waals surface area contributed by atoms with E-state index in [2.05, 4.69) is 6.58 Å². The molecule has 4 nitrogen and oxygen atoms in total. The lowest BCUT2D eigenvalue weighted by atomic mass is 9.52. The van der Waals surface area contributed by atoms with E-state index in [1.165, 1.54) is 0 Å². The van der Waals surface area contributed by atoms with Crippen LogP contribution in [0.5, 0.6) is 11.5 Å². The number of benzene rings is 1. The van der Waals surface area contributed by atoms with Crippen LogP contribution in [0.15, 0.2) is 53.6 Å². The first kappa shape index (κ1) is 19.2. The van der Waals surface area contributed by atoms with Crippen molar-refractivity contribution < 1.29 is 19.4 Å². The van der Waals surface area contributed by atoms with Crippen LogP contribution in [0.25, 0.3) is 0 Å². The summed E-state index contributed by atoms with van der Waals surface area (Å²) in [5, 5.41) is 10.9. The molecule has 1 aromatic carbocycles. The van der Waals surface area contributed by atoms with E-state index in [4.69, 9.17) is 4.74 Å². The van der Waals surface area contributed by atoms with Gasteiger partial charge in [0.2, 0.25) is 0 Å². The molecule has 0 amide bonds. The number of para-hydroxylation sites is 1. The largest absolute Gasteiger partial charge is 0.504 e. The third-order valence-electron chi connectivity index (χ3n) is 6.20. The van der Waals surface area contributed by atoms with Crippen LogP contribution in [-0.2, 0) is 9.59 Å². The molecule has 0 saturated heterocycles. The van der Waals surface area contributed by atoms with Gasteiger partial charge in [0.05, 0.1) is 12.0 Å². The standard InChI is InChI=1S/C23H26O4/c1-6-15-11-12-17-20(24)13(3)14(4)22(26)23(17,5)19(15)16-9-8-10-18(21(16)25)27-7-2/h6,8-11,17,19,25H,1,7,12H2,2-5H3/t17-,19+,23+/m0/s1. The summed E-state index contributed by atoms with van der Waals surface area (Å²) < 4.78 is 5.54. The van der Waals surface area contributed by atoms with Crippen molar-refractivity contribution in [2.45, 2.75) is 40.0 Å². The number of ketones is 2. The van der Waals surface area contributed by atoms with E-state index in [9.17, 15) is 14.7 Å². The molecule has 0 heterocycles. The smallest absolute Gasteiger partial charge is 0.166 e. The van der Waals surface area contributed by atoms with Crippen LogP contribution in [0.2, 0.25) is 0 Å². The molecular weight excluding hydrogens is 340 g/mol. The summed E-state index contributed by atoms with van der Waals surface area (Å²) in [7, 11) is 0. The van der Waals surface area contributed by atoms with Gasteiger partial charge >= 0.3 is 0 Å². The van der Waals surface area contributed by atoms with E-state index in [1.54, 1.807) is 38.1 Å². The molecule has 3 rings (SSSR count). The first-order valence-corrected chi connectivity index (χ1v) is 9.32. The van der Waals surface area contributed by atoms with Crippen LogP contribution in [0.4, 0.5) is 0 Å². The number of phenols is 1. The molecule has 0 aromatic heterocycles. The Hall–Kier alpha value is -2.62. The fraction of sp³-hybridized carbons (Fsp3) is 0.391. The number of fused-ring (bicyclic) bond motifs is 1. The van der Waals surface area contributed by atoms with Crippen molar-refractivity contribution in [2.75, 3.05) is 6.61 Å². The molecular formula is C23H26O4. The van der Waals surface area contributed by atoms with Crippen LogP contribution >= 0.6 is 0 Å². The SMILES string of the molecule is C=CC1=CC[C@H]2C(=O)C(C)=C(C)C(=O)[C@@]2(C)[C@H]1c1cccc(OCC)c1O. The average molecular weight is 366 g/mol. The lowest BCUT2D eigenvalue weighted by Gasteiger charge is -2.48. The molecule has 1 N–H and O–H groups in total. The Morgan fingerprint density at radius 2 is 2.00 bits per heavy atom. The fourth-order valence-electron chi connectivity index (χ4n) is 4.60. The van der Waals surface area contributed by atoms with Gasteiger partial charge in [0.1, 0.15) is 0 Å². The first-order chi connectivity index (χ1) is 12.8. The number of allylic oxidation sites excluding steroid dienone is 5. The molecule has 0 aliphatic heterocycles. The van der Waals surface area contributed by atoms with Crippen LogP contribution in [0.1, 0.15) is 45.6 Å². The monoisotopic (exact) mass is 366 g/mol. The van der Waals surface area contributed by atoms with E-state index >= 15 is 0 Å². The highest BCUT2D eigenvalue weighted by Crippen LogP contribution is 2.57. The third-order valence-corrected chi connectivity index (χ3v) is 6.20. The zero-order valence-corrected chi connectivity index (χ0v) is 16.3. The van der Waals surface area contributed by atoms with E-state index in [0.717, 1.165) is 5.57 Å². The average Bonchev–Trinajstić information content (AvgIpc) is 2.66. The molecule has 27 heavy (non-hydrogen) atoms. The predicted octanol–water partition coefficient (Wildman–Crippen LogP) is 4.50. The number of hydrogen-bond donors (Lipinski definition) is 1. The van der Waals surface area contributed by atoms with Gasteiger partial charge in [-0.3, -0.25) is 9.59 Å². The van der Waals surface area contributed by atoms with Crippen LogP contribution < -0.4 is 4.74 Å². The molecule has 0 radical (unpaired) electrons. The van der Waals surface area contributed by atoms with Crippen molar-refractivity contribution in [3.05, 3.63) is 59.2 Å². The van der Waals surface area contributed by atoms with Crippen molar-refractivity contribution in [1.29, 1.82) is 0 Å². The van der Waals surface area contributed by atoms with Crippen LogP contribution in [-0.4, -0.2) is 23.3 Å². The van der Waals surface area contributed by atoms with Gasteiger partial charge < -0.3 is 9.84 Å². The number of Topliss-reactive ketones (excluding diaryl/α,β-unsaturated/α-hetero) is 2. The molecule has 0 unspecified atom stereocenters. The number of rotatable bonds is 4. The second-order valence-electron chi connectivity index (χ2n) is 7.48. The molecule has 3 atom stereocenters. The van der Waals surface area contributed by atoms with Crippen molar-refractivity contribution in [2.24, 2.45) is 11.3 Å². The van der Waals surface area contributed by atoms with Gasteiger partial charge in [0, 0.05) is 17.4 Å². The third kappa shape index (κ3) is 2.66. The molecule has 142 valence electrons. The number of hydrogen-bond acceptors (Lipinski definition) is 4. The second-order valence-corrected chi connectivity index (χ2v) is 7.48. The van der Waals surface area contributed by atoms with Gasteiger partial charge in [-0.1, -0.05) is 37.8 Å². The summed E-state index contributed by atoms with van der Waals surface area (Å²) in [5.41, 5.74) is 1.53. The molecule has 4 heteroatoms. The molecule has 1 aromatic rings. The van der Waals surface area contributed by atoms with Crippen LogP contribution in [0.3, 0.4) is 0 Å². The summed E-state index contributed by atoms with van der Waals surface area (Å²) in [4.78, 5) is 26.4. The maximum Gasteiger partial charge on any atom is 0.166 e. The lowest BCUT2D eigenvalue weighted by Crippen LogP contribution is -2.50. The second kappa shape index (κ2) is 6.84. The predicted molar refractivity (Wildman–Crippen MR) is 105 cm³/mol.